The van der Waals surface area contributed by atoms with Crippen LogP contribution in [0.1, 0.15) is 46.5 Å². The van der Waals surface area contributed by atoms with Gasteiger partial charge in [-0.05, 0) is 27.2 Å². The SMILES string of the molecule is CC1OC2CC(O[C@H]3CC[C@H](O)[C@H](C)O3)C1(O)C1C(O)C3C(=O)C4=C(C(=O)C3C(O)C21)[C@@H]1OC(=O)C[C@@H]1O[C@H]4C. The molecule has 2 bridgehead atoms. The average molecular weight is 565 g/mol. The smallest absolute Gasteiger partial charge is 0.309 e. The van der Waals surface area contributed by atoms with Crippen LogP contribution >= 0.6 is 0 Å². The molecule has 0 aromatic heterocycles. The summed E-state index contributed by atoms with van der Waals surface area (Å²) in [6.45, 7) is 5.02. The number of carbonyl (C=O) groups is 3. The van der Waals surface area contributed by atoms with Gasteiger partial charge in [0.05, 0.1) is 67.1 Å². The summed E-state index contributed by atoms with van der Waals surface area (Å²) >= 11 is 0. The van der Waals surface area contributed by atoms with Crippen molar-refractivity contribution >= 4 is 17.5 Å². The normalized spacial score (nSPS) is 55.4. The molecule has 10 unspecified atom stereocenters. The van der Waals surface area contributed by atoms with Crippen molar-refractivity contribution in [3.63, 3.8) is 0 Å². The van der Waals surface area contributed by atoms with Crippen LogP contribution in [0.5, 0.6) is 0 Å². The number of fused-ring (bicyclic) bond motifs is 5. The highest BCUT2D eigenvalue weighted by Crippen LogP contribution is 2.59. The molecule has 4 saturated heterocycles. The standard InChI is InChI=1S/C28H36O12/c1-8-11(29)4-5-16(37-8)39-14-6-12-18-22(28(14,35)10(3)38-12)26(34)20-19(24(18)32)25(33)21-17(23(20)31)9(2)36-13-7-15(30)40-27(13)21/h8-14,16,18-20,22,24,26-27,29,32,34-35H,4-7H2,1-3H3/t8-,9-,10?,11-,12?,13-,14?,16-,18?,19?,20?,22?,24?,26?,27+,28?/m0/s1. The van der Waals surface area contributed by atoms with Gasteiger partial charge in [-0.25, -0.2) is 0 Å². The summed E-state index contributed by atoms with van der Waals surface area (Å²) in [5, 5.41) is 45.8. The molecule has 0 amide bonds. The van der Waals surface area contributed by atoms with Crippen LogP contribution in [-0.4, -0.2) is 111 Å². The topological polar surface area (TPSA) is 178 Å². The molecule has 2 saturated carbocycles. The Kier molecular flexibility index (Phi) is 6.17. The Morgan fingerprint density at radius 1 is 0.875 bits per heavy atom. The molecule has 8 rings (SSSR count). The first kappa shape index (κ1) is 27.1. The number of ether oxygens (including phenoxy) is 5. The van der Waals surface area contributed by atoms with Crippen molar-refractivity contribution in [1.82, 2.24) is 0 Å². The number of esters is 1. The highest BCUT2D eigenvalue weighted by molar-refractivity contribution is 6.16. The lowest BCUT2D eigenvalue weighted by molar-refractivity contribution is -0.370. The first-order chi connectivity index (χ1) is 18.9. The Bertz CT molecular complexity index is 1170. The van der Waals surface area contributed by atoms with Gasteiger partial charge in [0.15, 0.2) is 24.0 Å². The number of carbonyl (C=O) groups excluding carboxylic acids is 3. The van der Waals surface area contributed by atoms with Gasteiger partial charge in [-0.2, -0.15) is 0 Å². The maximum Gasteiger partial charge on any atom is 0.309 e. The van der Waals surface area contributed by atoms with E-state index in [0.717, 1.165) is 0 Å². The Hall–Kier alpha value is -1.77. The molecular weight excluding hydrogens is 528 g/mol. The Morgan fingerprint density at radius 2 is 1.57 bits per heavy atom. The van der Waals surface area contributed by atoms with Crippen molar-refractivity contribution in [3.8, 4) is 0 Å². The van der Waals surface area contributed by atoms with E-state index in [4.69, 9.17) is 23.7 Å². The largest absolute Gasteiger partial charge is 0.454 e. The number of rotatable bonds is 2. The first-order valence-corrected chi connectivity index (χ1v) is 14.3. The van der Waals surface area contributed by atoms with E-state index in [-0.39, 0.29) is 24.0 Å². The van der Waals surface area contributed by atoms with Gasteiger partial charge in [-0.15, -0.1) is 0 Å². The lowest BCUT2D eigenvalue weighted by Gasteiger charge is -2.65. The highest BCUT2D eigenvalue weighted by atomic mass is 16.7. The second-order valence-corrected chi connectivity index (χ2v) is 12.6. The van der Waals surface area contributed by atoms with E-state index in [0.29, 0.717) is 12.8 Å². The molecule has 0 aromatic rings. The van der Waals surface area contributed by atoms with Gasteiger partial charge >= 0.3 is 5.97 Å². The van der Waals surface area contributed by atoms with E-state index in [2.05, 4.69) is 0 Å². The number of hydrogen-bond acceptors (Lipinski definition) is 12. The second-order valence-electron chi connectivity index (χ2n) is 12.6. The molecule has 5 heterocycles. The van der Waals surface area contributed by atoms with Crippen LogP contribution < -0.4 is 0 Å². The van der Waals surface area contributed by atoms with Crippen molar-refractivity contribution in [2.45, 2.75) is 119 Å². The fourth-order valence-corrected chi connectivity index (χ4v) is 8.78. The minimum absolute atomic E-state index is 0.0398. The van der Waals surface area contributed by atoms with Crippen molar-refractivity contribution < 1.29 is 58.5 Å². The summed E-state index contributed by atoms with van der Waals surface area (Å²) in [5.74, 6) is -6.09. The minimum Gasteiger partial charge on any atom is -0.454 e. The molecule has 12 heteroatoms. The third-order valence-electron chi connectivity index (χ3n) is 10.6. The van der Waals surface area contributed by atoms with Gasteiger partial charge in [0.25, 0.3) is 0 Å². The van der Waals surface area contributed by atoms with Gasteiger partial charge in [0.2, 0.25) is 0 Å². The molecule has 8 aliphatic rings. The predicted octanol–water partition coefficient (Wildman–Crippen LogP) is -1.07. The van der Waals surface area contributed by atoms with Gasteiger partial charge < -0.3 is 44.1 Å². The van der Waals surface area contributed by atoms with Crippen molar-refractivity contribution in [2.75, 3.05) is 0 Å². The summed E-state index contributed by atoms with van der Waals surface area (Å²) < 4.78 is 29.4. The molecule has 5 aliphatic heterocycles. The van der Waals surface area contributed by atoms with Gasteiger partial charge in [0, 0.05) is 35.8 Å². The zero-order valence-corrected chi connectivity index (χ0v) is 22.5. The van der Waals surface area contributed by atoms with Crippen LogP contribution in [0.15, 0.2) is 11.1 Å². The molecule has 0 radical (unpaired) electrons. The molecule has 0 aromatic carbocycles. The predicted molar refractivity (Wildman–Crippen MR) is 130 cm³/mol. The fraction of sp³-hybridized carbons (Fsp3) is 0.821. The molecule has 220 valence electrons. The molecule has 0 spiro atoms. The molecule has 40 heavy (non-hydrogen) atoms. The molecule has 6 fully saturated rings. The highest BCUT2D eigenvalue weighted by Gasteiger charge is 2.73. The maximum absolute atomic E-state index is 14.0. The quantitative estimate of drug-likeness (QED) is 0.236. The minimum atomic E-state index is -1.80. The molecule has 3 aliphatic carbocycles. The number of ketones is 2. The summed E-state index contributed by atoms with van der Waals surface area (Å²) in [6, 6.07) is 0. The van der Waals surface area contributed by atoms with Crippen molar-refractivity contribution in [1.29, 1.82) is 0 Å². The number of hydrogen-bond donors (Lipinski definition) is 4. The van der Waals surface area contributed by atoms with Crippen LogP contribution in [0.4, 0.5) is 0 Å². The summed E-state index contributed by atoms with van der Waals surface area (Å²) in [7, 11) is 0. The summed E-state index contributed by atoms with van der Waals surface area (Å²) in [6.07, 6.45) is -8.48. The molecule has 4 N–H and O–H groups in total. The third kappa shape index (κ3) is 3.51. The van der Waals surface area contributed by atoms with E-state index in [9.17, 15) is 34.8 Å². The van der Waals surface area contributed by atoms with Crippen molar-refractivity contribution in [2.24, 2.45) is 23.7 Å². The first-order valence-electron chi connectivity index (χ1n) is 14.3. The fourth-order valence-electron chi connectivity index (χ4n) is 8.78. The van der Waals surface area contributed by atoms with E-state index in [1.54, 1.807) is 20.8 Å². The molecule has 12 nitrogen and oxygen atoms in total. The number of Topliss-reactive ketones (excluding diaryl/α,β-unsaturated/α-hetero) is 2. The van der Waals surface area contributed by atoms with Gasteiger partial charge in [0.1, 0.15) is 11.7 Å². The second kappa shape index (κ2) is 9.11. The Morgan fingerprint density at radius 3 is 2.30 bits per heavy atom. The maximum atomic E-state index is 14.0. The Balaban J connectivity index is 1.25. The van der Waals surface area contributed by atoms with Gasteiger partial charge in [-0.1, -0.05) is 0 Å². The molecule has 16 atom stereocenters. The lowest BCUT2D eigenvalue weighted by atomic mass is 9.48. The summed E-state index contributed by atoms with van der Waals surface area (Å²) in [5.41, 5.74) is -1.70. The van der Waals surface area contributed by atoms with E-state index in [1.165, 1.54) is 0 Å². The Labute approximate surface area is 230 Å². The van der Waals surface area contributed by atoms with Crippen LogP contribution in [-0.2, 0) is 38.1 Å². The van der Waals surface area contributed by atoms with Crippen LogP contribution in [0.25, 0.3) is 0 Å². The monoisotopic (exact) mass is 564 g/mol. The van der Waals surface area contributed by atoms with Gasteiger partial charge in [-0.3, -0.25) is 14.4 Å². The summed E-state index contributed by atoms with van der Waals surface area (Å²) in [4.78, 5) is 40.1. The van der Waals surface area contributed by atoms with Crippen LogP contribution in [0.3, 0.4) is 0 Å². The van der Waals surface area contributed by atoms with Crippen LogP contribution in [0, 0.1) is 23.7 Å². The third-order valence-corrected chi connectivity index (χ3v) is 10.6. The number of aliphatic hydroxyl groups is 4. The van der Waals surface area contributed by atoms with E-state index < -0.39 is 114 Å². The zero-order valence-electron chi connectivity index (χ0n) is 22.5. The van der Waals surface area contributed by atoms with E-state index in [1.807, 2.05) is 0 Å². The molecular formula is C28H36O12. The lowest BCUT2D eigenvalue weighted by Crippen LogP contribution is -2.79. The van der Waals surface area contributed by atoms with E-state index >= 15 is 0 Å². The van der Waals surface area contributed by atoms with Crippen molar-refractivity contribution in [3.05, 3.63) is 11.1 Å². The average Bonchev–Trinajstić information content (AvgIpc) is 3.26. The zero-order chi connectivity index (χ0) is 28.4. The number of aliphatic hydroxyl groups excluding tert-OH is 3. The van der Waals surface area contributed by atoms with Crippen LogP contribution in [0.2, 0.25) is 0 Å².